The standard InChI is InChI=1S/C20H26N2O4/c23-19(21-12-14-6-9-25-10-7-14)16-13-22(17-8-11-26-18(16)17)20(24)15-4-2-1-3-5-15/h1-5,14,16-18H,6-13H2,(H,21,23). The highest BCUT2D eigenvalue weighted by Gasteiger charge is 2.50. The van der Waals surface area contributed by atoms with Gasteiger partial charge >= 0.3 is 0 Å². The van der Waals surface area contributed by atoms with Crippen LogP contribution in [0.25, 0.3) is 0 Å². The fourth-order valence-corrected chi connectivity index (χ4v) is 4.31. The van der Waals surface area contributed by atoms with Gasteiger partial charge in [0.1, 0.15) is 0 Å². The van der Waals surface area contributed by atoms with Gasteiger partial charge in [-0.25, -0.2) is 0 Å². The first-order chi connectivity index (χ1) is 12.7. The molecule has 26 heavy (non-hydrogen) atoms. The van der Waals surface area contributed by atoms with E-state index >= 15 is 0 Å². The van der Waals surface area contributed by atoms with E-state index in [0.29, 0.717) is 31.2 Å². The van der Waals surface area contributed by atoms with Crippen molar-refractivity contribution in [3.8, 4) is 0 Å². The quantitative estimate of drug-likeness (QED) is 0.885. The molecular weight excluding hydrogens is 332 g/mol. The van der Waals surface area contributed by atoms with Crippen LogP contribution < -0.4 is 5.32 Å². The number of hydrogen-bond donors (Lipinski definition) is 1. The fourth-order valence-electron chi connectivity index (χ4n) is 4.31. The topological polar surface area (TPSA) is 67.9 Å². The Hall–Kier alpha value is -1.92. The molecule has 2 amide bonds. The van der Waals surface area contributed by atoms with Gasteiger partial charge in [0, 0.05) is 38.5 Å². The molecule has 3 atom stereocenters. The number of nitrogens with zero attached hydrogens (tertiary/aromatic N) is 1. The molecule has 6 nitrogen and oxygen atoms in total. The van der Waals surface area contributed by atoms with Crippen molar-refractivity contribution in [3.05, 3.63) is 35.9 Å². The van der Waals surface area contributed by atoms with Crippen LogP contribution in [0.15, 0.2) is 30.3 Å². The molecule has 6 heteroatoms. The summed E-state index contributed by atoms with van der Waals surface area (Å²) in [6, 6.07) is 9.28. The molecule has 3 fully saturated rings. The molecule has 0 radical (unpaired) electrons. The van der Waals surface area contributed by atoms with Gasteiger partial charge in [-0.2, -0.15) is 0 Å². The lowest BCUT2D eigenvalue weighted by atomic mass is 9.98. The summed E-state index contributed by atoms with van der Waals surface area (Å²) in [5.74, 6) is 0.203. The maximum absolute atomic E-state index is 12.9. The molecule has 3 heterocycles. The maximum Gasteiger partial charge on any atom is 0.254 e. The SMILES string of the molecule is O=C(NCC1CCOCC1)C1CN(C(=O)c2ccccc2)C2CCOC12. The zero-order valence-corrected chi connectivity index (χ0v) is 14.9. The highest BCUT2D eigenvalue weighted by atomic mass is 16.5. The van der Waals surface area contributed by atoms with E-state index in [4.69, 9.17) is 9.47 Å². The van der Waals surface area contributed by atoms with Crippen LogP contribution in [0, 0.1) is 11.8 Å². The van der Waals surface area contributed by atoms with E-state index in [-0.39, 0.29) is 29.9 Å². The second kappa shape index (κ2) is 7.76. The third-order valence-electron chi connectivity index (χ3n) is 5.82. The molecule has 140 valence electrons. The van der Waals surface area contributed by atoms with Crippen LogP contribution in [0.5, 0.6) is 0 Å². The van der Waals surface area contributed by atoms with Gasteiger partial charge in [0.2, 0.25) is 5.91 Å². The Morgan fingerprint density at radius 2 is 1.85 bits per heavy atom. The minimum absolute atomic E-state index is 0.00142. The first kappa shape index (κ1) is 17.5. The molecular formula is C20H26N2O4. The number of nitrogens with one attached hydrogen (secondary N) is 1. The number of ether oxygens (including phenoxy) is 2. The fraction of sp³-hybridized carbons (Fsp3) is 0.600. The van der Waals surface area contributed by atoms with Gasteiger partial charge in [-0.1, -0.05) is 18.2 Å². The summed E-state index contributed by atoms with van der Waals surface area (Å²) < 4.78 is 11.2. The van der Waals surface area contributed by atoms with E-state index < -0.39 is 0 Å². The first-order valence-corrected chi connectivity index (χ1v) is 9.57. The van der Waals surface area contributed by atoms with Crippen molar-refractivity contribution < 1.29 is 19.1 Å². The van der Waals surface area contributed by atoms with Crippen molar-refractivity contribution >= 4 is 11.8 Å². The van der Waals surface area contributed by atoms with Gasteiger partial charge in [-0.15, -0.1) is 0 Å². The van der Waals surface area contributed by atoms with E-state index in [0.717, 1.165) is 32.5 Å². The Morgan fingerprint density at radius 3 is 2.62 bits per heavy atom. The molecule has 4 rings (SSSR count). The summed E-state index contributed by atoms with van der Waals surface area (Å²) >= 11 is 0. The number of hydrogen-bond acceptors (Lipinski definition) is 4. The molecule has 0 aromatic heterocycles. The van der Waals surface area contributed by atoms with Gasteiger partial charge in [0.05, 0.1) is 18.1 Å². The van der Waals surface area contributed by atoms with E-state index in [1.54, 1.807) is 0 Å². The van der Waals surface area contributed by atoms with Crippen molar-refractivity contribution in [1.29, 1.82) is 0 Å². The second-order valence-corrected chi connectivity index (χ2v) is 7.42. The summed E-state index contributed by atoms with van der Waals surface area (Å²) in [6.07, 6.45) is 2.60. The Kier molecular flexibility index (Phi) is 5.22. The molecule has 0 spiro atoms. The maximum atomic E-state index is 12.9. The predicted molar refractivity (Wildman–Crippen MR) is 95.7 cm³/mol. The number of carbonyl (C=O) groups excluding carboxylic acids is 2. The molecule has 3 aliphatic heterocycles. The van der Waals surface area contributed by atoms with Crippen LogP contribution in [0.2, 0.25) is 0 Å². The first-order valence-electron chi connectivity index (χ1n) is 9.57. The van der Waals surface area contributed by atoms with Gasteiger partial charge in [0.15, 0.2) is 0 Å². The highest BCUT2D eigenvalue weighted by Crippen LogP contribution is 2.34. The molecule has 0 bridgehead atoms. The lowest BCUT2D eigenvalue weighted by Crippen LogP contribution is -2.40. The number of amides is 2. The largest absolute Gasteiger partial charge is 0.381 e. The Bertz CT molecular complexity index is 644. The van der Waals surface area contributed by atoms with Crippen molar-refractivity contribution in [1.82, 2.24) is 10.2 Å². The van der Waals surface area contributed by atoms with Crippen molar-refractivity contribution in [2.75, 3.05) is 32.9 Å². The molecule has 3 aliphatic rings. The molecule has 3 unspecified atom stereocenters. The minimum Gasteiger partial charge on any atom is -0.381 e. The zero-order chi connectivity index (χ0) is 17.9. The number of carbonyl (C=O) groups is 2. The second-order valence-electron chi connectivity index (χ2n) is 7.42. The molecule has 1 N–H and O–H groups in total. The van der Waals surface area contributed by atoms with Crippen LogP contribution in [-0.4, -0.2) is 61.8 Å². The Balaban J connectivity index is 1.41. The lowest BCUT2D eigenvalue weighted by Gasteiger charge is -2.23. The summed E-state index contributed by atoms with van der Waals surface area (Å²) in [5, 5.41) is 3.09. The number of likely N-dealkylation sites (tertiary alicyclic amines) is 1. The van der Waals surface area contributed by atoms with Crippen LogP contribution in [0.1, 0.15) is 29.6 Å². The summed E-state index contributed by atoms with van der Waals surface area (Å²) in [4.78, 5) is 27.5. The predicted octanol–water partition coefficient (Wildman–Crippen LogP) is 1.46. The molecule has 1 aromatic carbocycles. The van der Waals surface area contributed by atoms with Gasteiger partial charge in [-0.05, 0) is 37.3 Å². The van der Waals surface area contributed by atoms with Crippen molar-refractivity contribution in [3.63, 3.8) is 0 Å². The van der Waals surface area contributed by atoms with E-state index in [2.05, 4.69) is 5.32 Å². The number of benzene rings is 1. The van der Waals surface area contributed by atoms with E-state index in [9.17, 15) is 9.59 Å². The molecule has 1 aromatic rings. The van der Waals surface area contributed by atoms with Gasteiger partial charge in [-0.3, -0.25) is 9.59 Å². The minimum atomic E-state index is -0.282. The zero-order valence-electron chi connectivity index (χ0n) is 14.9. The van der Waals surface area contributed by atoms with Crippen LogP contribution in [0.4, 0.5) is 0 Å². The number of fused-ring (bicyclic) bond motifs is 1. The summed E-state index contributed by atoms with van der Waals surface area (Å²) in [6.45, 7) is 3.28. The molecule has 3 saturated heterocycles. The van der Waals surface area contributed by atoms with E-state index in [1.807, 2.05) is 35.2 Å². The third-order valence-corrected chi connectivity index (χ3v) is 5.82. The van der Waals surface area contributed by atoms with Crippen molar-refractivity contribution in [2.45, 2.75) is 31.4 Å². The normalized spacial score (nSPS) is 28.8. The van der Waals surface area contributed by atoms with Crippen LogP contribution >= 0.6 is 0 Å². The third kappa shape index (κ3) is 3.48. The Labute approximate surface area is 153 Å². The molecule has 0 aliphatic carbocycles. The van der Waals surface area contributed by atoms with Crippen LogP contribution in [0.3, 0.4) is 0 Å². The average Bonchev–Trinajstić information content (AvgIpc) is 3.30. The van der Waals surface area contributed by atoms with Crippen LogP contribution in [-0.2, 0) is 14.3 Å². The lowest BCUT2D eigenvalue weighted by molar-refractivity contribution is -0.128. The number of rotatable bonds is 4. The highest BCUT2D eigenvalue weighted by molar-refractivity contribution is 5.95. The smallest absolute Gasteiger partial charge is 0.254 e. The summed E-state index contributed by atoms with van der Waals surface area (Å²) in [7, 11) is 0. The molecule has 0 saturated carbocycles. The van der Waals surface area contributed by atoms with Gasteiger partial charge in [0.25, 0.3) is 5.91 Å². The van der Waals surface area contributed by atoms with Crippen molar-refractivity contribution in [2.24, 2.45) is 11.8 Å². The van der Waals surface area contributed by atoms with E-state index in [1.165, 1.54) is 0 Å². The Morgan fingerprint density at radius 1 is 1.08 bits per heavy atom. The summed E-state index contributed by atoms with van der Waals surface area (Å²) in [5.41, 5.74) is 0.668. The van der Waals surface area contributed by atoms with Gasteiger partial charge < -0.3 is 19.7 Å². The monoisotopic (exact) mass is 358 g/mol. The average molecular weight is 358 g/mol.